The normalized spacial score (nSPS) is 20.9. The summed E-state index contributed by atoms with van der Waals surface area (Å²) in [5.41, 5.74) is -0.0911. The van der Waals surface area contributed by atoms with E-state index in [2.05, 4.69) is 10.6 Å². The van der Waals surface area contributed by atoms with Crippen molar-refractivity contribution in [2.45, 2.75) is 38.3 Å². The first kappa shape index (κ1) is 13.9. The monoisotopic (exact) mass is 268 g/mol. The predicted molar refractivity (Wildman–Crippen MR) is 68.6 cm³/mol. The molecule has 1 aliphatic heterocycles. The Morgan fingerprint density at radius 2 is 2.05 bits per heavy atom. The third kappa shape index (κ3) is 3.29. The fourth-order valence-electron chi connectivity index (χ4n) is 2.39. The predicted octanol–water partition coefficient (Wildman–Crippen LogP) is 2.28. The number of amides is 1. The smallest absolute Gasteiger partial charge is 0.237 e. The summed E-state index contributed by atoms with van der Waals surface area (Å²) in [6, 6.07) is 2.76. The fourth-order valence-corrected chi connectivity index (χ4v) is 2.39. The zero-order valence-corrected chi connectivity index (χ0v) is 10.9. The largest absolute Gasteiger partial charge is 0.348 e. The fraction of sp³-hybridized carbons (Fsp3) is 0.500. The quantitative estimate of drug-likeness (QED) is 0.883. The van der Waals surface area contributed by atoms with E-state index in [1.54, 1.807) is 6.92 Å². The summed E-state index contributed by atoms with van der Waals surface area (Å²) in [4.78, 5) is 12.0. The highest BCUT2D eigenvalue weighted by atomic mass is 19.1. The molecule has 1 aromatic rings. The molecule has 1 amide bonds. The van der Waals surface area contributed by atoms with Crippen LogP contribution in [0.4, 0.5) is 8.78 Å². The van der Waals surface area contributed by atoms with Crippen molar-refractivity contribution in [3.8, 4) is 0 Å². The van der Waals surface area contributed by atoms with Gasteiger partial charge >= 0.3 is 0 Å². The maximum atomic E-state index is 13.6. The Labute approximate surface area is 111 Å². The first-order chi connectivity index (χ1) is 9.09. The van der Waals surface area contributed by atoms with Crippen LogP contribution in [0.15, 0.2) is 18.2 Å². The minimum Gasteiger partial charge on any atom is -0.348 e. The molecule has 2 atom stereocenters. The lowest BCUT2D eigenvalue weighted by Crippen LogP contribution is -2.47. The van der Waals surface area contributed by atoms with Crippen molar-refractivity contribution in [2.24, 2.45) is 0 Å². The van der Waals surface area contributed by atoms with Crippen molar-refractivity contribution in [2.75, 3.05) is 6.54 Å². The second-order valence-electron chi connectivity index (χ2n) is 4.87. The second kappa shape index (κ2) is 6.10. The van der Waals surface area contributed by atoms with E-state index in [9.17, 15) is 13.6 Å². The molecule has 19 heavy (non-hydrogen) atoms. The summed E-state index contributed by atoms with van der Waals surface area (Å²) in [7, 11) is 0. The van der Waals surface area contributed by atoms with Crippen LogP contribution in [0.1, 0.15) is 37.8 Å². The van der Waals surface area contributed by atoms with E-state index in [1.807, 2.05) is 0 Å². The topological polar surface area (TPSA) is 41.1 Å². The first-order valence-electron chi connectivity index (χ1n) is 6.57. The van der Waals surface area contributed by atoms with Gasteiger partial charge in [0.2, 0.25) is 5.91 Å². The van der Waals surface area contributed by atoms with Gasteiger partial charge in [0.15, 0.2) is 0 Å². The molecule has 0 radical (unpaired) electrons. The van der Waals surface area contributed by atoms with E-state index < -0.39 is 17.7 Å². The van der Waals surface area contributed by atoms with Gasteiger partial charge in [0, 0.05) is 5.56 Å². The Kier molecular flexibility index (Phi) is 4.47. The summed E-state index contributed by atoms with van der Waals surface area (Å²) in [5, 5.41) is 5.77. The first-order valence-corrected chi connectivity index (χ1v) is 6.57. The Hall–Kier alpha value is -1.49. The molecule has 2 rings (SSSR count). The highest BCUT2D eigenvalue weighted by Crippen LogP contribution is 2.20. The summed E-state index contributed by atoms with van der Waals surface area (Å²) in [5.74, 6) is -1.47. The second-order valence-corrected chi connectivity index (χ2v) is 4.87. The van der Waals surface area contributed by atoms with E-state index in [-0.39, 0.29) is 17.5 Å². The van der Waals surface area contributed by atoms with Crippen LogP contribution in [-0.2, 0) is 4.79 Å². The van der Waals surface area contributed by atoms with Crippen LogP contribution in [0.25, 0.3) is 0 Å². The van der Waals surface area contributed by atoms with Gasteiger partial charge in [-0.3, -0.25) is 4.79 Å². The maximum Gasteiger partial charge on any atom is 0.237 e. The molecule has 2 N–H and O–H groups in total. The lowest BCUT2D eigenvalue weighted by atomic mass is 10.0. The molecule has 0 aliphatic carbocycles. The van der Waals surface area contributed by atoms with Crippen molar-refractivity contribution >= 4 is 5.91 Å². The maximum absolute atomic E-state index is 13.6. The van der Waals surface area contributed by atoms with Crippen LogP contribution in [-0.4, -0.2) is 18.5 Å². The Morgan fingerprint density at radius 3 is 2.63 bits per heavy atom. The third-order valence-electron chi connectivity index (χ3n) is 3.42. The zero-order valence-electron chi connectivity index (χ0n) is 10.9. The van der Waals surface area contributed by atoms with Crippen molar-refractivity contribution in [1.82, 2.24) is 10.6 Å². The lowest BCUT2D eigenvalue weighted by molar-refractivity contribution is -0.124. The minimum atomic E-state index is -0.683. The minimum absolute atomic E-state index is 0.0911. The number of piperidine rings is 1. The Morgan fingerprint density at radius 1 is 1.37 bits per heavy atom. The van der Waals surface area contributed by atoms with Gasteiger partial charge in [0.05, 0.1) is 12.1 Å². The molecular formula is C14H18F2N2O. The number of nitrogens with one attached hydrogen (secondary N) is 2. The van der Waals surface area contributed by atoms with Crippen LogP contribution in [0, 0.1) is 11.6 Å². The molecule has 1 fully saturated rings. The van der Waals surface area contributed by atoms with Gasteiger partial charge in [-0.1, -0.05) is 12.5 Å². The molecule has 1 unspecified atom stereocenters. The van der Waals surface area contributed by atoms with Crippen molar-refractivity contribution in [1.29, 1.82) is 0 Å². The van der Waals surface area contributed by atoms with E-state index in [0.29, 0.717) is 0 Å². The number of carbonyl (C=O) groups is 1. The number of rotatable bonds is 3. The molecule has 0 aromatic heterocycles. The number of carbonyl (C=O) groups excluding carboxylic acids is 1. The third-order valence-corrected chi connectivity index (χ3v) is 3.42. The van der Waals surface area contributed by atoms with Crippen LogP contribution in [0.2, 0.25) is 0 Å². The molecule has 0 saturated carbocycles. The lowest BCUT2D eigenvalue weighted by Gasteiger charge is -2.25. The number of benzene rings is 1. The molecule has 3 nitrogen and oxygen atoms in total. The summed E-state index contributed by atoms with van der Waals surface area (Å²) in [6.45, 7) is 2.39. The highest BCUT2D eigenvalue weighted by molar-refractivity contribution is 5.82. The zero-order chi connectivity index (χ0) is 13.8. The van der Waals surface area contributed by atoms with Gasteiger partial charge in [-0.05, 0) is 38.4 Å². The van der Waals surface area contributed by atoms with Crippen LogP contribution < -0.4 is 10.6 Å². The molecule has 1 saturated heterocycles. The molecule has 5 heteroatoms. The number of hydrogen-bond donors (Lipinski definition) is 2. The number of halogens is 2. The standard InChI is InChI=1S/C14H18F2N2O/c1-9(13-10(15)5-4-6-11(13)16)18-14(19)12-7-2-3-8-17-12/h4-6,9,12,17H,2-3,7-8H2,1H3,(H,18,19)/t9?,12-/m1/s1. The van der Waals surface area contributed by atoms with Gasteiger partial charge in [-0.25, -0.2) is 8.78 Å². The molecule has 1 heterocycles. The van der Waals surface area contributed by atoms with Crippen molar-refractivity contribution in [3.63, 3.8) is 0 Å². The van der Waals surface area contributed by atoms with Crippen molar-refractivity contribution in [3.05, 3.63) is 35.4 Å². The van der Waals surface area contributed by atoms with Crippen LogP contribution >= 0.6 is 0 Å². The van der Waals surface area contributed by atoms with Crippen LogP contribution in [0.3, 0.4) is 0 Å². The summed E-state index contributed by atoms with van der Waals surface area (Å²) in [6.07, 6.45) is 2.81. The average molecular weight is 268 g/mol. The molecule has 1 aromatic carbocycles. The van der Waals surface area contributed by atoms with E-state index in [4.69, 9.17) is 0 Å². The van der Waals surface area contributed by atoms with E-state index in [1.165, 1.54) is 18.2 Å². The van der Waals surface area contributed by atoms with Gasteiger partial charge < -0.3 is 10.6 Å². The average Bonchev–Trinajstić information content (AvgIpc) is 2.39. The molecule has 104 valence electrons. The van der Waals surface area contributed by atoms with Crippen molar-refractivity contribution < 1.29 is 13.6 Å². The van der Waals surface area contributed by atoms with Crippen LogP contribution in [0.5, 0.6) is 0 Å². The highest BCUT2D eigenvalue weighted by Gasteiger charge is 2.24. The van der Waals surface area contributed by atoms with E-state index >= 15 is 0 Å². The van der Waals surface area contributed by atoms with Gasteiger partial charge in [-0.15, -0.1) is 0 Å². The summed E-state index contributed by atoms with van der Waals surface area (Å²) < 4.78 is 27.2. The Bertz CT molecular complexity index is 439. The van der Waals surface area contributed by atoms with E-state index in [0.717, 1.165) is 25.8 Å². The SMILES string of the molecule is CC(NC(=O)[C@H]1CCCCN1)c1c(F)cccc1F. The molecule has 0 spiro atoms. The summed E-state index contributed by atoms with van der Waals surface area (Å²) >= 11 is 0. The molecule has 1 aliphatic rings. The van der Waals surface area contributed by atoms with Gasteiger partial charge in [0.1, 0.15) is 11.6 Å². The number of hydrogen-bond acceptors (Lipinski definition) is 2. The Balaban J connectivity index is 2.04. The van der Waals surface area contributed by atoms with Gasteiger partial charge in [0.25, 0.3) is 0 Å². The molecular weight excluding hydrogens is 250 g/mol. The van der Waals surface area contributed by atoms with Gasteiger partial charge in [-0.2, -0.15) is 0 Å². The molecule has 0 bridgehead atoms.